The van der Waals surface area contributed by atoms with E-state index in [1.54, 1.807) is 7.11 Å². The molecule has 2 heterocycles. The van der Waals surface area contributed by atoms with Gasteiger partial charge in [-0.3, -0.25) is 9.59 Å². The van der Waals surface area contributed by atoms with Gasteiger partial charge in [-0.25, -0.2) is 0 Å². The van der Waals surface area contributed by atoms with Crippen molar-refractivity contribution in [1.29, 1.82) is 0 Å². The van der Waals surface area contributed by atoms with E-state index in [4.69, 9.17) is 14.2 Å². The van der Waals surface area contributed by atoms with E-state index in [1.165, 1.54) is 0 Å². The molecule has 0 aliphatic carbocycles. The average Bonchev–Trinajstić information content (AvgIpc) is 3.44. The number of rotatable bonds is 7. The molecule has 0 radical (unpaired) electrons. The minimum Gasteiger partial charge on any atom is -0.497 e. The molecule has 4 rings (SSSR count). The van der Waals surface area contributed by atoms with Crippen LogP contribution in [-0.4, -0.2) is 43.7 Å². The molecule has 1 fully saturated rings. The first-order valence-electron chi connectivity index (χ1n) is 11.0. The van der Waals surface area contributed by atoms with Crippen molar-refractivity contribution in [2.24, 2.45) is 11.8 Å². The van der Waals surface area contributed by atoms with Gasteiger partial charge in [0.25, 0.3) is 0 Å². The van der Waals surface area contributed by atoms with E-state index in [0.29, 0.717) is 37.6 Å². The van der Waals surface area contributed by atoms with Crippen LogP contribution < -0.4 is 19.5 Å². The number of benzene rings is 2. The number of amides is 2. The van der Waals surface area contributed by atoms with Crippen LogP contribution in [0.5, 0.6) is 17.2 Å². The molecule has 1 saturated heterocycles. The fourth-order valence-electron chi connectivity index (χ4n) is 4.33. The summed E-state index contributed by atoms with van der Waals surface area (Å²) < 4.78 is 16.1. The number of hydrogen-bond donors (Lipinski definition) is 1. The molecule has 2 aromatic rings. The van der Waals surface area contributed by atoms with E-state index in [2.05, 4.69) is 5.32 Å². The number of likely N-dealkylation sites (tertiary alicyclic amines) is 1. The van der Waals surface area contributed by atoms with E-state index in [-0.39, 0.29) is 36.4 Å². The summed E-state index contributed by atoms with van der Waals surface area (Å²) in [5.74, 6) is 2.05. The van der Waals surface area contributed by atoms with Crippen LogP contribution in [0.25, 0.3) is 0 Å². The van der Waals surface area contributed by atoms with Crippen molar-refractivity contribution < 1.29 is 23.8 Å². The second kappa shape index (κ2) is 9.51. The van der Waals surface area contributed by atoms with Gasteiger partial charge < -0.3 is 24.4 Å². The van der Waals surface area contributed by atoms with E-state index in [9.17, 15) is 9.59 Å². The first-order valence-corrected chi connectivity index (χ1v) is 11.0. The van der Waals surface area contributed by atoms with Gasteiger partial charge >= 0.3 is 0 Å². The van der Waals surface area contributed by atoms with Crippen molar-refractivity contribution in [2.75, 3.05) is 27.0 Å². The van der Waals surface area contributed by atoms with E-state index in [1.807, 2.05) is 61.2 Å². The van der Waals surface area contributed by atoms with Crippen LogP contribution in [-0.2, 0) is 16.1 Å². The SMILES string of the molecule is COc1cccc(C2CN(C(=O)CC(C)C)CC2C(=O)NCc2ccc3c(c2)OCO3)c1. The van der Waals surface area contributed by atoms with E-state index < -0.39 is 0 Å². The van der Waals surface area contributed by atoms with Crippen LogP contribution >= 0.6 is 0 Å². The van der Waals surface area contributed by atoms with Crippen molar-refractivity contribution in [3.05, 3.63) is 53.6 Å². The van der Waals surface area contributed by atoms with Crippen LogP contribution in [0, 0.1) is 11.8 Å². The lowest BCUT2D eigenvalue weighted by Crippen LogP contribution is -2.35. The van der Waals surface area contributed by atoms with Crippen molar-refractivity contribution in [3.8, 4) is 17.2 Å². The summed E-state index contributed by atoms with van der Waals surface area (Å²) in [6, 6.07) is 13.4. The highest BCUT2D eigenvalue weighted by atomic mass is 16.7. The summed E-state index contributed by atoms with van der Waals surface area (Å²) in [6.45, 7) is 5.61. The van der Waals surface area contributed by atoms with Gasteiger partial charge in [-0.2, -0.15) is 0 Å². The Morgan fingerprint density at radius 2 is 1.94 bits per heavy atom. The van der Waals surface area contributed by atoms with Gasteiger partial charge in [0.15, 0.2) is 11.5 Å². The molecule has 0 saturated carbocycles. The molecule has 0 aromatic heterocycles. The van der Waals surface area contributed by atoms with Gasteiger partial charge in [0, 0.05) is 32.0 Å². The monoisotopic (exact) mass is 438 g/mol. The molecule has 2 amide bonds. The van der Waals surface area contributed by atoms with Gasteiger partial charge in [-0.05, 0) is 41.3 Å². The Morgan fingerprint density at radius 3 is 2.72 bits per heavy atom. The Hall–Kier alpha value is -3.22. The highest BCUT2D eigenvalue weighted by Crippen LogP contribution is 2.35. The highest BCUT2D eigenvalue weighted by molar-refractivity contribution is 5.83. The zero-order valence-corrected chi connectivity index (χ0v) is 18.8. The number of ether oxygens (including phenoxy) is 3. The zero-order chi connectivity index (χ0) is 22.7. The lowest BCUT2D eigenvalue weighted by atomic mass is 9.88. The third-order valence-corrected chi connectivity index (χ3v) is 6.02. The van der Waals surface area contributed by atoms with Gasteiger partial charge in [0.2, 0.25) is 18.6 Å². The number of methoxy groups -OCH3 is 1. The van der Waals surface area contributed by atoms with Gasteiger partial charge in [-0.1, -0.05) is 32.0 Å². The summed E-state index contributed by atoms with van der Waals surface area (Å²) in [7, 11) is 1.63. The second-order valence-corrected chi connectivity index (χ2v) is 8.79. The predicted molar refractivity (Wildman–Crippen MR) is 120 cm³/mol. The van der Waals surface area contributed by atoms with E-state index >= 15 is 0 Å². The van der Waals surface area contributed by atoms with Crippen molar-refractivity contribution in [2.45, 2.75) is 32.7 Å². The van der Waals surface area contributed by atoms with E-state index in [0.717, 1.165) is 16.9 Å². The maximum Gasteiger partial charge on any atom is 0.231 e. The lowest BCUT2D eigenvalue weighted by molar-refractivity contribution is -0.131. The number of nitrogens with zero attached hydrogens (tertiary/aromatic N) is 1. The minimum atomic E-state index is -0.327. The van der Waals surface area contributed by atoms with Crippen molar-refractivity contribution in [3.63, 3.8) is 0 Å². The zero-order valence-electron chi connectivity index (χ0n) is 18.8. The third kappa shape index (κ3) is 4.82. The van der Waals surface area contributed by atoms with Crippen LogP contribution in [0.3, 0.4) is 0 Å². The van der Waals surface area contributed by atoms with Crippen LogP contribution in [0.4, 0.5) is 0 Å². The fraction of sp³-hybridized carbons (Fsp3) is 0.440. The number of hydrogen-bond acceptors (Lipinski definition) is 5. The standard InChI is InChI=1S/C25H30N2O5/c1-16(2)9-24(28)27-13-20(18-5-4-6-19(11-18)30-3)21(14-27)25(29)26-12-17-7-8-22-23(10-17)32-15-31-22/h4-8,10-11,16,20-21H,9,12-15H2,1-3H3,(H,26,29). The summed E-state index contributed by atoms with van der Waals surface area (Å²) in [6.07, 6.45) is 0.483. The molecule has 2 aliphatic rings. The topological polar surface area (TPSA) is 77.1 Å². The number of nitrogens with one attached hydrogen (secondary N) is 1. The van der Waals surface area contributed by atoms with Crippen LogP contribution in [0.2, 0.25) is 0 Å². The van der Waals surface area contributed by atoms with Gasteiger partial charge in [0.05, 0.1) is 13.0 Å². The molecule has 32 heavy (non-hydrogen) atoms. The Kier molecular flexibility index (Phi) is 6.53. The minimum absolute atomic E-state index is 0.0599. The normalized spacial score (nSPS) is 19.3. The Bertz CT molecular complexity index is 990. The molecule has 2 unspecified atom stereocenters. The van der Waals surface area contributed by atoms with Gasteiger partial charge in [0.1, 0.15) is 5.75 Å². The molecule has 7 heteroatoms. The summed E-state index contributed by atoms with van der Waals surface area (Å²) in [4.78, 5) is 27.8. The maximum absolute atomic E-state index is 13.2. The molecule has 1 N–H and O–H groups in total. The molecule has 170 valence electrons. The van der Waals surface area contributed by atoms with Gasteiger partial charge in [-0.15, -0.1) is 0 Å². The lowest BCUT2D eigenvalue weighted by Gasteiger charge is -2.19. The quantitative estimate of drug-likeness (QED) is 0.718. The molecule has 2 aliphatic heterocycles. The molecular weight excluding hydrogens is 408 g/mol. The molecule has 0 bridgehead atoms. The Morgan fingerprint density at radius 1 is 1.12 bits per heavy atom. The first kappa shape index (κ1) is 22.0. The molecule has 0 spiro atoms. The first-order chi connectivity index (χ1) is 15.4. The number of carbonyl (C=O) groups is 2. The van der Waals surface area contributed by atoms with Crippen LogP contribution in [0.1, 0.15) is 37.3 Å². The summed E-state index contributed by atoms with van der Waals surface area (Å²) in [5, 5.41) is 3.06. The summed E-state index contributed by atoms with van der Waals surface area (Å²) >= 11 is 0. The molecular formula is C25H30N2O5. The van der Waals surface area contributed by atoms with Crippen molar-refractivity contribution in [1.82, 2.24) is 10.2 Å². The van der Waals surface area contributed by atoms with Crippen molar-refractivity contribution >= 4 is 11.8 Å². The van der Waals surface area contributed by atoms with Crippen LogP contribution in [0.15, 0.2) is 42.5 Å². The number of carbonyl (C=O) groups excluding carboxylic acids is 2. The number of fused-ring (bicyclic) bond motifs is 1. The smallest absolute Gasteiger partial charge is 0.231 e. The Balaban J connectivity index is 1.49. The Labute approximate surface area is 188 Å². The molecule has 7 nitrogen and oxygen atoms in total. The molecule has 2 atom stereocenters. The second-order valence-electron chi connectivity index (χ2n) is 8.79. The highest BCUT2D eigenvalue weighted by Gasteiger charge is 2.40. The predicted octanol–water partition coefficient (Wildman–Crippen LogP) is 3.33. The maximum atomic E-state index is 13.2. The molecule has 2 aromatic carbocycles. The average molecular weight is 439 g/mol. The summed E-state index contributed by atoms with van der Waals surface area (Å²) in [5.41, 5.74) is 1.94. The third-order valence-electron chi connectivity index (χ3n) is 6.02. The fourth-order valence-corrected chi connectivity index (χ4v) is 4.33. The largest absolute Gasteiger partial charge is 0.497 e.